The summed E-state index contributed by atoms with van der Waals surface area (Å²) >= 11 is 16.9. The van der Waals surface area contributed by atoms with Crippen molar-refractivity contribution in [3.05, 3.63) is 52.6 Å². The van der Waals surface area contributed by atoms with Crippen LogP contribution in [-0.4, -0.2) is 10.1 Å². The number of halogens is 2. The molecule has 0 atom stereocenters. The maximum atomic E-state index is 6.01. The number of thiocarbonyl (C=S) groups is 1. The summed E-state index contributed by atoms with van der Waals surface area (Å²) in [5, 5.41) is 7.52. The number of rotatable bonds is 2. The van der Waals surface area contributed by atoms with E-state index in [1.807, 2.05) is 18.2 Å². The van der Waals surface area contributed by atoms with Gasteiger partial charge in [-0.25, -0.2) is 4.98 Å². The van der Waals surface area contributed by atoms with Gasteiger partial charge in [0.05, 0.1) is 15.7 Å². The van der Waals surface area contributed by atoms with Crippen molar-refractivity contribution < 1.29 is 0 Å². The van der Waals surface area contributed by atoms with Crippen LogP contribution in [0.15, 0.2) is 42.6 Å². The summed E-state index contributed by atoms with van der Waals surface area (Å²) in [6.45, 7) is 0. The van der Waals surface area contributed by atoms with Crippen LogP contribution < -0.4 is 10.6 Å². The molecule has 1 aromatic carbocycles. The van der Waals surface area contributed by atoms with Crippen molar-refractivity contribution in [3.8, 4) is 0 Å². The summed E-state index contributed by atoms with van der Waals surface area (Å²) < 4.78 is 0. The first-order valence-electron chi connectivity index (χ1n) is 5.09. The standard InChI is InChI=1S/C12H9Cl2N3S/c13-8-5-6-11(15-7-8)17-12(18)16-10-4-2-1-3-9(10)14/h1-7H,(H2,15,16,17,18). The molecule has 1 aromatic heterocycles. The van der Waals surface area contributed by atoms with Crippen LogP contribution >= 0.6 is 35.4 Å². The Labute approximate surface area is 120 Å². The summed E-state index contributed by atoms with van der Waals surface area (Å²) in [7, 11) is 0. The van der Waals surface area contributed by atoms with Crippen LogP contribution in [0.2, 0.25) is 10.0 Å². The van der Waals surface area contributed by atoms with Gasteiger partial charge in [0.25, 0.3) is 0 Å². The molecule has 0 radical (unpaired) electrons. The van der Waals surface area contributed by atoms with Crippen molar-refractivity contribution in [1.29, 1.82) is 0 Å². The van der Waals surface area contributed by atoms with E-state index >= 15 is 0 Å². The van der Waals surface area contributed by atoms with Gasteiger partial charge >= 0.3 is 0 Å². The largest absolute Gasteiger partial charge is 0.331 e. The van der Waals surface area contributed by atoms with Gasteiger partial charge in [-0.15, -0.1) is 0 Å². The van der Waals surface area contributed by atoms with Crippen LogP contribution in [0, 0.1) is 0 Å². The lowest BCUT2D eigenvalue weighted by Gasteiger charge is -2.10. The van der Waals surface area contributed by atoms with Gasteiger partial charge in [0.15, 0.2) is 5.11 Å². The van der Waals surface area contributed by atoms with Gasteiger partial charge in [0, 0.05) is 6.20 Å². The Morgan fingerprint density at radius 2 is 1.83 bits per heavy atom. The predicted octanol–water partition coefficient (Wildman–Crippen LogP) is 4.20. The van der Waals surface area contributed by atoms with Crippen molar-refractivity contribution in [1.82, 2.24) is 4.98 Å². The SMILES string of the molecule is S=C(Nc1ccc(Cl)cn1)Nc1ccccc1Cl. The second-order valence-electron chi connectivity index (χ2n) is 3.42. The van der Waals surface area contributed by atoms with E-state index in [2.05, 4.69) is 15.6 Å². The minimum atomic E-state index is 0.415. The van der Waals surface area contributed by atoms with Crippen molar-refractivity contribution >= 4 is 52.0 Å². The lowest BCUT2D eigenvalue weighted by Crippen LogP contribution is -2.19. The number of hydrogen-bond acceptors (Lipinski definition) is 2. The van der Waals surface area contributed by atoms with Gasteiger partial charge in [-0.1, -0.05) is 35.3 Å². The van der Waals surface area contributed by atoms with E-state index in [0.29, 0.717) is 21.0 Å². The molecule has 0 saturated carbocycles. The molecule has 2 aromatic rings. The molecule has 0 aliphatic carbocycles. The topological polar surface area (TPSA) is 37.0 Å². The molecule has 0 saturated heterocycles. The Hall–Kier alpha value is -1.36. The van der Waals surface area contributed by atoms with Crippen LogP contribution in [0.5, 0.6) is 0 Å². The quantitative estimate of drug-likeness (QED) is 0.815. The zero-order valence-electron chi connectivity index (χ0n) is 9.15. The lowest BCUT2D eigenvalue weighted by molar-refractivity contribution is 1.32. The van der Waals surface area contributed by atoms with E-state index in [1.54, 1.807) is 24.4 Å². The molecule has 18 heavy (non-hydrogen) atoms. The third kappa shape index (κ3) is 3.57. The van der Waals surface area contributed by atoms with Crippen molar-refractivity contribution in [2.75, 3.05) is 10.6 Å². The fraction of sp³-hybridized carbons (Fsp3) is 0. The summed E-state index contributed by atoms with van der Waals surface area (Å²) in [5.74, 6) is 0.615. The Bertz CT molecular complexity index is 558. The molecule has 0 bridgehead atoms. The maximum absolute atomic E-state index is 6.01. The van der Waals surface area contributed by atoms with E-state index < -0.39 is 0 Å². The first-order valence-corrected chi connectivity index (χ1v) is 6.25. The summed E-state index contributed by atoms with van der Waals surface area (Å²) in [4.78, 5) is 4.08. The Kier molecular flexibility index (Phi) is 4.36. The smallest absolute Gasteiger partial charge is 0.176 e. The van der Waals surface area contributed by atoms with Crippen LogP contribution in [0.3, 0.4) is 0 Å². The van der Waals surface area contributed by atoms with Crippen LogP contribution in [-0.2, 0) is 0 Å². The molecule has 2 rings (SSSR count). The Morgan fingerprint density at radius 3 is 2.50 bits per heavy atom. The molecular weight excluding hydrogens is 289 g/mol. The number of nitrogens with one attached hydrogen (secondary N) is 2. The highest BCUT2D eigenvalue weighted by atomic mass is 35.5. The molecule has 0 aliphatic heterocycles. The van der Waals surface area contributed by atoms with Crippen molar-refractivity contribution in [2.24, 2.45) is 0 Å². The lowest BCUT2D eigenvalue weighted by atomic mass is 10.3. The molecular formula is C12H9Cl2N3S. The molecule has 0 aliphatic rings. The summed E-state index contributed by atoms with van der Waals surface area (Å²) in [6.07, 6.45) is 1.54. The van der Waals surface area contributed by atoms with Crippen LogP contribution in [0.4, 0.5) is 11.5 Å². The van der Waals surface area contributed by atoms with Gasteiger partial charge in [-0.05, 0) is 36.5 Å². The molecule has 0 amide bonds. The fourth-order valence-electron chi connectivity index (χ4n) is 1.28. The number of benzene rings is 1. The van der Waals surface area contributed by atoms with Crippen molar-refractivity contribution in [2.45, 2.75) is 0 Å². The van der Waals surface area contributed by atoms with E-state index in [9.17, 15) is 0 Å². The normalized spacial score (nSPS) is 9.89. The van der Waals surface area contributed by atoms with E-state index in [-0.39, 0.29) is 0 Å². The first-order chi connectivity index (χ1) is 8.65. The average molecular weight is 298 g/mol. The fourth-order valence-corrected chi connectivity index (χ4v) is 1.79. The summed E-state index contributed by atoms with van der Waals surface area (Å²) in [5.41, 5.74) is 0.741. The third-order valence-corrected chi connectivity index (χ3v) is 2.85. The second-order valence-corrected chi connectivity index (χ2v) is 4.67. The number of anilines is 2. The molecule has 2 N–H and O–H groups in total. The molecule has 92 valence electrons. The van der Waals surface area contributed by atoms with Crippen molar-refractivity contribution in [3.63, 3.8) is 0 Å². The highest BCUT2D eigenvalue weighted by molar-refractivity contribution is 7.80. The highest BCUT2D eigenvalue weighted by Gasteiger charge is 2.02. The molecule has 1 heterocycles. The Morgan fingerprint density at radius 1 is 1.06 bits per heavy atom. The van der Waals surface area contributed by atoms with E-state index in [0.717, 1.165) is 5.69 Å². The van der Waals surface area contributed by atoms with Gasteiger partial charge in [-0.3, -0.25) is 0 Å². The monoisotopic (exact) mass is 297 g/mol. The molecule has 0 fully saturated rings. The van der Waals surface area contributed by atoms with Crippen LogP contribution in [0.25, 0.3) is 0 Å². The minimum Gasteiger partial charge on any atom is -0.331 e. The number of pyridine rings is 1. The predicted molar refractivity (Wildman–Crippen MR) is 80.5 cm³/mol. The van der Waals surface area contributed by atoms with Crippen LogP contribution in [0.1, 0.15) is 0 Å². The van der Waals surface area contributed by atoms with E-state index in [1.165, 1.54) is 0 Å². The van der Waals surface area contributed by atoms with Gasteiger partial charge in [0.1, 0.15) is 5.82 Å². The molecule has 0 spiro atoms. The minimum absolute atomic E-state index is 0.415. The average Bonchev–Trinajstić information content (AvgIpc) is 2.35. The highest BCUT2D eigenvalue weighted by Crippen LogP contribution is 2.20. The second kappa shape index (κ2) is 6.00. The maximum Gasteiger partial charge on any atom is 0.176 e. The number of aromatic nitrogens is 1. The summed E-state index contributed by atoms with van der Waals surface area (Å²) in [6, 6.07) is 10.8. The zero-order chi connectivity index (χ0) is 13.0. The molecule has 0 unspecified atom stereocenters. The number of hydrogen-bond donors (Lipinski definition) is 2. The number of nitrogens with zero attached hydrogens (tertiary/aromatic N) is 1. The van der Waals surface area contributed by atoms with Gasteiger partial charge in [0.2, 0.25) is 0 Å². The zero-order valence-corrected chi connectivity index (χ0v) is 11.5. The van der Waals surface area contributed by atoms with E-state index in [4.69, 9.17) is 35.4 Å². The number of para-hydroxylation sites is 1. The third-order valence-electron chi connectivity index (χ3n) is 2.09. The first kappa shape index (κ1) is 13.1. The van der Waals surface area contributed by atoms with Gasteiger partial charge < -0.3 is 10.6 Å². The van der Waals surface area contributed by atoms with Gasteiger partial charge in [-0.2, -0.15) is 0 Å². The Balaban J connectivity index is 2.01. The molecule has 6 heteroatoms. The molecule has 3 nitrogen and oxygen atoms in total.